The number of anilines is 2. The van der Waals surface area contributed by atoms with Crippen LogP contribution in [0.5, 0.6) is 5.75 Å². The molecule has 8 rings (SSSR count). The van der Waals surface area contributed by atoms with E-state index in [1.54, 1.807) is 42.5 Å². The fraction of sp³-hybridized carbons (Fsp3) is 0.333. The highest BCUT2D eigenvalue weighted by Gasteiger charge is 2.56. The second-order valence-electron chi connectivity index (χ2n) is 14.4. The van der Waals surface area contributed by atoms with Crippen molar-refractivity contribution in [2.24, 2.45) is 0 Å². The third-order valence-corrected chi connectivity index (χ3v) is 12.1. The number of rotatable bonds is 6. The van der Waals surface area contributed by atoms with Crippen LogP contribution in [0.4, 0.5) is 17.1 Å². The molecule has 0 radical (unpaired) electrons. The molecule has 5 heterocycles. The number of benzene rings is 3. The van der Waals surface area contributed by atoms with Gasteiger partial charge in [-0.05, 0) is 92.1 Å². The second-order valence-corrected chi connectivity index (χ2v) is 16.5. The van der Waals surface area contributed by atoms with Gasteiger partial charge in [-0.3, -0.25) is 9.11 Å². The molecule has 3 unspecified atom stereocenters. The molecular formula is C36H37N4O8S2+. The highest BCUT2D eigenvalue weighted by atomic mass is 32.2. The molecule has 0 amide bonds. The number of aromatic carboxylic acids is 1. The fourth-order valence-electron chi connectivity index (χ4n) is 8.88. The Bertz CT molecular complexity index is 2240. The first-order valence-corrected chi connectivity index (χ1v) is 18.9. The Morgan fingerprint density at radius 3 is 2.40 bits per heavy atom. The summed E-state index contributed by atoms with van der Waals surface area (Å²) in [4.78, 5) is 13.7. The Kier molecular flexibility index (Phi) is 7.28. The molecule has 5 aliphatic heterocycles. The highest BCUT2D eigenvalue weighted by molar-refractivity contribution is 7.85. The summed E-state index contributed by atoms with van der Waals surface area (Å²) < 4.78 is 62.7. The molecule has 260 valence electrons. The molecule has 0 spiro atoms. The van der Waals surface area contributed by atoms with Crippen molar-refractivity contribution in [1.29, 1.82) is 0 Å². The molecular weight excluding hydrogens is 681 g/mol. The zero-order chi connectivity index (χ0) is 35.5. The molecule has 3 aromatic carbocycles. The van der Waals surface area contributed by atoms with Crippen molar-refractivity contribution in [1.82, 2.24) is 5.01 Å². The smallest absolute Gasteiger partial charge is 0.357 e. The number of hydrogen-bond donors (Lipinski definition) is 4. The molecule has 0 fully saturated rings. The molecule has 0 bridgehead atoms. The lowest BCUT2D eigenvalue weighted by Gasteiger charge is -2.49. The van der Waals surface area contributed by atoms with Crippen LogP contribution in [0.1, 0.15) is 62.0 Å². The van der Waals surface area contributed by atoms with Crippen molar-refractivity contribution in [3.63, 3.8) is 0 Å². The highest BCUT2D eigenvalue weighted by Crippen LogP contribution is 2.55. The first-order valence-electron chi connectivity index (χ1n) is 16.4. The number of hydrogen-bond acceptors (Lipinski definition) is 8. The number of hydrazine groups is 1. The summed E-state index contributed by atoms with van der Waals surface area (Å²) in [5.74, 6) is -0.687. The van der Waals surface area contributed by atoms with E-state index in [0.717, 1.165) is 70.1 Å². The van der Waals surface area contributed by atoms with Gasteiger partial charge in [0, 0.05) is 52.7 Å². The van der Waals surface area contributed by atoms with Gasteiger partial charge in [0.1, 0.15) is 5.75 Å². The largest absolute Gasteiger partial charge is 0.478 e. The Morgan fingerprint density at radius 2 is 1.72 bits per heavy atom. The summed E-state index contributed by atoms with van der Waals surface area (Å²) in [6.45, 7) is 9.88. The van der Waals surface area contributed by atoms with Crippen molar-refractivity contribution in [3.8, 4) is 5.75 Å². The molecule has 0 aromatic heterocycles. The maximum absolute atomic E-state index is 12.2. The lowest BCUT2D eigenvalue weighted by atomic mass is 9.72. The number of nitrogens with zero attached hydrogens (tertiary/aromatic N) is 3. The van der Waals surface area contributed by atoms with Crippen LogP contribution in [0.2, 0.25) is 0 Å². The maximum atomic E-state index is 12.2. The minimum Gasteiger partial charge on any atom is -0.478 e. The average Bonchev–Trinajstić information content (AvgIpc) is 3.43. The first-order chi connectivity index (χ1) is 23.6. The van der Waals surface area contributed by atoms with Gasteiger partial charge in [-0.2, -0.15) is 17.2 Å². The summed E-state index contributed by atoms with van der Waals surface area (Å²) in [5, 5.41) is 11.8. The van der Waals surface area contributed by atoms with Crippen LogP contribution in [-0.4, -0.2) is 73.3 Å². The van der Waals surface area contributed by atoms with E-state index >= 15 is 0 Å². The van der Waals surface area contributed by atoms with Crippen LogP contribution < -0.4 is 14.5 Å². The van der Waals surface area contributed by atoms with Gasteiger partial charge >= 0.3 is 17.3 Å². The van der Waals surface area contributed by atoms with E-state index in [1.807, 2.05) is 12.1 Å². The van der Waals surface area contributed by atoms with Gasteiger partial charge in [0.2, 0.25) is 5.69 Å². The van der Waals surface area contributed by atoms with E-state index in [9.17, 15) is 31.6 Å². The molecule has 0 aliphatic carbocycles. The molecule has 5 aliphatic rings. The Morgan fingerprint density at radius 1 is 0.980 bits per heavy atom. The molecule has 0 saturated carbocycles. The van der Waals surface area contributed by atoms with Gasteiger partial charge in [-0.15, -0.1) is 0 Å². The van der Waals surface area contributed by atoms with Crippen LogP contribution in [0.3, 0.4) is 0 Å². The van der Waals surface area contributed by atoms with Crippen LogP contribution >= 0.6 is 0 Å². The number of fused-ring (bicyclic) bond motifs is 8. The first kappa shape index (κ1) is 32.8. The van der Waals surface area contributed by atoms with E-state index < -0.39 is 38.3 Å². The van der Waals surface area contributed by atoms with Crippen molar-refractivity contribution < 1.29 is 40.4 Å². The fourth-order valence-corrected chi connectivity index (χ4v) is 9.65. The maximum Gasteiger partial charge on any atom is 0.357 e. The van der Waals surface area contributed by atoms with E-state index in [-0.39, 0.29) is 22.5 Å². The van der Waals surface area contributed by atoms with Gasteiger partial charge in [0.15, 0.2) is 12.3 Å². The Balaban J connectivity index is 1.31. The van der Waals surface area contributed by atoms with Crippen LogP contribution in [0.15, 0.2) is 88.5 Å². The second kappa shape index (κ2) is 11.1. The van der Waals surface area contributed by atoms with Gasteiger partial charge < -0.3 is 19.6 Å². The Hall–Kier alpha value is -4.34. The molecule has 3 aromatic rings. The Labute approximate surface area is 292 Å². The van der Waals surface area contributed by atoms with Gasteiger partial charge in [-0.1, -0.05) is 13.8 Å². The molecule has 0 saturated heterocycles. The van der Waals surface area contributed by atoms with Crippen LogP contribution in [0, 0.1) is 0 Å². The van der Waals surface area contributed by atoms with Gasteiger partial charge in [0.25, 0.3) is 10.1 Å². The molecule has 3 atom stereocenters. The lowest BCUT2D eigenvalue weighted by molar-refractivity contribution is -0.443. The predicted octanol–water partition coefficient (Wildman–Crippen LogP) is 5.39. The molecule has 50 heavy (non-hydrogen) atoms. The lowest BCUT2D eigenvalue weighted by Crippen LogP contribution is -2.58. The number of carboxylic acids is 1. The van der Waals surface area contributed by atoms with Crippen molar-refractivity contribution >= 4 is 50.2 Å². The summed E-state index contributed by atoms with van der Waals surface area (Å²) in [6, 6.07) is 16.9. The van der Waals surface area contributed by atoms with Crippen LogP contribution in [-0.2, 0) is 32.3 Å². The third kappa shape index (κ3) is 4.88. The van der Waals surface area contributed by atoms with Crippen molar-refractivity contribution in [2.45, 2.75) is 68.3 Å². The monoisotopic (exact) mass is 717 g/mol. The molecule has 4 N–H and O–H groups in total. The SMILES string of the molecule is CC1(C)C2=C3C=C4C5=[N+](CCC4N(Nc4ccc(C(=O)O)cc4)C3CCN2c2ccc(S(=O)(=O)O)cc21)c1ccc(OS(=O)O)cc1C5(C)C. The molecule has 14 heteroatoms. The average molecular weight is 718 g/mol. The van der Waals surface area contributed by atoms with Gasteiger partial charge in [-0.25, -0.2) is 9.80 Å². The normalized spacial score (nSPS) is 23.6. The minimum absolute atomic E-state index is 0.0476. The van der Waals surface area contributed by atoms with E-state index in [2.05, 4.69) is 53.7 Å². The quantitative estimate of drug-likeness (QED) is 0.147. The number of carbonyl (C=O) groups is 1. The standard InChI is InChI=1S/C36H36N4O8S2/c1-35(2)26-17-22(48-49(43)44)9-11-30(26)38-15-13-28-24(32(35)38)19-25-29(40(28)37-21-7-5-20(6-8-21)34(41)42)14-16-39-31-12-10-23(50(45,46)47)18-27(31)36(3,4)33(25)39/h5-12,17-19,28-29,37H,13-16H2,1-4H3,(H2-,41,42,43,44,45,46,47)/p+1. The zero-order valence-corrected chi connectivity index (χ0v) is 29.5. The number of nitrogens with one attached hydrogen (secondary N) is 1. The van der Waals surface area contributed by atoms with E-state index in [0.29, 0.717) is 12.3 Å². The van der Waals surface area contributed by atoms with Crippen molar-refractivity contribution in [2.75, 3.05) is 23.4 Å². The summed E-state index contributed by atoms with van der Waals surface area (Å²) in [5.41, 5.74) is 11.6. The summed E-state index contributed by atoms with van der Waals surface area (Å²) >= 11 is -2.46. The van der Waals surface area contributed by atoms with Crippen LogP contribution in [0.25, 0.3) is 0 Å². The van der Waals surface area contributed by atoms with E-state index in [1.165, 1.54) is 6.07 Å². The summed E-state index contributed by atoms with van der Waals surface area (Å²) in [6.07, 6.45) is 3.86. The predicted molar refractivity (Wildman–Crippen MR) is 188 cm³/mol. The zero-order valence-electron chi connectivity index (χ0n) is 27.9. The summed E-state index contributed by atoms with van der Waals surface area (Å²) in [7, 11) is -4.41. The van der Waals surface area contributed by atoms with Gasteiger partial charge in [0.05, 0.1) is 28.0 Å². The number of allylic oxidation sites excluding steroid dienone is 1. The topological polar surface area (TPSA) is 160 Å². The van der Waals surface area contributed by atoms with E-state index in [4.69, 9.17) is 4.18 Å². The minimum atomic E-state index is -4.41. The number of carboxylic acid groups (broad SMARTS) is 1. The van der Waals surface area contributed by atoms with Crippen molar-refractivity contribution in [3.05, 3.63) is 100 Å². The third-order valence-electron chi connectivity index (χ3n) is 10.9. The molecule has 12 nitrogen and oxygen atoms in total.